The number of nitrogens with one attached hydrogen (secondary N) is 1. The van der Waals surface area contributed by atoms with E-state index in [1.165, 1.54) is 0 Å². The van der Waals surface area contributed by atoms with Crippen molar-refractivity contribution in [3.63, 3.8) is 0 Å². The number of rotatable bonds is 6. The van der Waals surface area contributed by atoms with Gasteiger partial charge < -0.3 is 20.5 Å². The van der Waals surface area contributed by atoms with E-state index < -0.39 is 0 Å². The average Bonchev–Trinajstić information content (AvgIpc) is 2.52. The summed E-state index contributed by atoms with van der Waals surface area (Å²) in [7, 11) is 1.61. The Hall–Kier alpha value is -2.69. The Labute approximate surface area is 123 Å². The second kappa shape index (κ2) is 7.19. The number of nitrogen functional groups attached to an aromatic ring is 1. The van der Waals surface area contributed by atoms with Gasteiger partial charge in [0.05, 0.1) is 12.8 Å². The largest absolute Gasteiger partial charge is 0.497 e. The Bertz CT molecular complexity index is 597. The third-order valence-corrected chi connectivity index (χ3v) is 2.93. The minimum atomic E-state index is -0.200. The molecule has 0 unspecified atom stereocenters. The second-order valence-electron chi connectivity index (χ2n) is 4.45. The molecule has 1 amide bonds. The zero-order valence-corrected chi connectivity index (χ0v) is 11.8. The van der Waals surface area contributed by atoms with Gasteiger partial charge >= 0.3 is 0 Å². The fourth-order valence-corrected chi connectivity index (χ4v) is 1.75. The molecule has 3 N–H and O–H groups in total. The fourth-order valence-electron chi connectivity index (χ4n) is 1.75. The molecule has 2 aromatic rings. The van der Waals surface area contributed by atoms with Gasteiger partial charge in [-0.05, 0) is 29.8 Å². The van der Waals surface area contributed by atoms with Crippen LogP contribution in [0.1, 0.15) is 5.56 Å². The van der Waals surface area contributed by atoms with Crippen molar-refractivity contribution in [1.82, 2.24) is 5.32 Å². The van der Waals surface area contributed by atoms with Gasteiger partial charge in [0.15, 0.2) is 6.61 Å². The lowest BCUT2D eigenvalue weighted by atomic mass is 10.2. The van der Waals surface area contributed by atoms with E-state index in [9.17, 15) is 4.79 Å². The number of ether oxygens (including phenoxy) is 2. The van der Waals surface area contributed by atoms with Crippen molar-refractivity contribution in [2.24, 2.45) is 0 Å². The summed E-state index contributed by atoms with van der Waals surface area (Å²) in [6.07, 6.45) is 0. The summed E-state index contributed by atoms with van der Waals surface area (Å²) >= 11 is 0. The molecule has 0 spiro atoms. The predicted molar refractivity (Wildman–Crippen MR) is 81.2 cm³/mol. The van der Waals surface area contributed by atoms with E-state index in [0.717, 1.165) is 11.3 Å². The number of methoxy groups -OCH3 is 1. The van der Waals surface area contributed by atoms with Gasteiger partial charge in [-0.2, -0.15) is 0 Å². The van der Waals surface area contributed by atoms with Crippen LogP contribution in [0.2, 0.25) is 0 Å². The number of carbonyl (C=O) groups is 1. The summed E-state index contributed by atoms with van der Waals surface area (Å²) in [5, 5.41) is 2.78. The van der Waals surface area contributed by atoms with Gasteiger partial charge in [-0.15, -0.1) is 0 Å². The van der Waals surface area contributed by atoms with Crippen LogP contribution in [0, 0.1) is 0 Å². The molecule has 5 nitrogen and oxygen atoms in total. The molecule has 5 heteroatoms. The molecule has 0 bridgehead atoms. The number of hydrogen-bond acceptors (Lipinski definition) is 4. The SMILES string of the molecule is COc1ccc(CNC(=O)COc2ccccc2N)cc1. The standard InChI is InChI=1S/C16H18N2O3/c1-20-13-8-6-12(7-9-13)10-18-16(19)11-21-15-5-3-2-4-14(15)17/h2-9H,10-11,17H2,1H3,(H,18,19). The number of carbonyl (C=O) groups excluding carboxylic acids is 1. The Balaban J connectivity index is 1.78. The first-order valence-electron chi connectivity index (χ1n) is 6.56. The highest BCUT2D eigenvalue weighted by molar-refractivity contribution is 5.77. The van der Waals surface area contributed by atoms with E-state index in [1.54, 1.807) is 25.3 Å². The van der Waals surface area contributed by atoms with Gasteiger partial charge in [-0.3, -0.25) is 4.79 Å². The Kier molecular flexibility index (Phi) is 5.04. The van der Waals surface area contributed by atoms with Crippen molar-refractivity contribution in [3.8, 4) is 11.5 Å². The molecule has 0 saturated carbocycles. The number of nitrogens with two attached hydrogens (primary N) is 1. The average molecular weight is 286 g/mol. The van der Waals surface area contributed by atoms with Crippen LogP contribution in [0.4, 0.5) is 5.69 Å². The quantitative estimate of drug-likeness (QED) is 0.796. The summed E-state index contributed by atoms with van der Waals surface area (Å²) in [5.74, 6) is 1.10. The molecule has 2 rings (SSSR count). The minimum absolute atomic E-state index is 0.0651. The van der Waals surface area contributed by atoms with Gasteiger partial charge in [-0.1, -0.05) is 24.3 Å². The molecule has 0 atom stereocenters. The van der Waals surface area contributed by atoms with E-state index >= 15 is 0 Å². The first kappa shape index (κ1) is 14.7. The first-order valence-corrected chi connectivity index (χ1v) is 6.56. The van der Waals surface area contributed by atoms with Gasteiger partial charge in [0, 0.05) is 6.54 Å². The highest BCUT2D eigenvalue weighted by Crippen LogP contribution is 2.19. The van der Waals surface area contributed by atoms with Crippen molar-refractivity contribution in [2.75, 3.05) is 19.5 Å². The van der Waals surface area contributed by atoms with E-state index in [1.807, 2.05) is 30.3 Å². The lowest BCUT2D eigenvalue weighted by molar-refractivity contribution is -0.123. The molecular weight excluding hydrogens is 268 g/mol. The van der Waals surface area contributed by atoms with E-state index in [0.29, 0.717) is 18.0 Å². The van der Waals surface area contributed by atoms with Crippen molar-refractivity contribution >= 4 is 11.6 Å². The summed E-state index contributed by atoms with van der Waals surface area (Å²) in [6.45, 7) is 0.376. The number of para-hydroxylation sites is 2. The third kappa shape index (κ3) is 4.42. The Morgan fingerprint density at radius 1 is 1.14 bits per heavy atom. The molecular formula is C16H18N2O3. The van der Waals surface area contributed by atoms with Crippen LogP contribution in [0.5, 0.6) is 11.5 Å². The van der Waals surface area contributed by atoms with E-state index in [4.69, 9.17) is 15.2 Å². The van der Waals surface area contributed by atoms with Gasteiger partial charge in [-0.25, -0.2) is 0 Å². The van der Waals surface area contributed by atoms with Gasteiger partial charge in [0.2, 0.25) is 0 Å². The third-order valence-electron chi connectivity index (χ3n) is 2.93. The summed E-state index contributed by atoms with van der Waals surface area (Å²) < 4.78 is 10.4. The number of hydrogen-bond donors (Lipinski definition) is 2. The fraction of sp³-hybridized carbons (Fsp3) is 0.188. The molecule has 110 valence electrons. The summed E-state index contributed by atoms with van der Waals surface area (Å²) in [4.78, 5) is 11.7. The molecule has 0 aromatic heterocycles. The van der Waals surface area contributed by atoms with Crippen LogP contribution in [0.15, 0.2) is 48.5 Å². The smallest absolute Gasteiger partial charge is 0.258 e. The molecule has 0 aliphatic heterocycles. The Morgan fingerprint density at radius 3 is 2.52 bits per heavy atom. The van der Waals surface area contributed by atoms with Crippen molar-refractivity contribution in [2.45, 2.75) is 6.54 Å². The molecule has 2 aromatic carbocycles. The molecule has 0 fully saturated rings. The first-order chi connectivity index (χ1) is 10.2. The number of anilines is 1. The van der Waals surface area contributed by atoms with Crippen molar-refractivity contribution in [1.29, 1.82) is 0 Å². The predicted octanol–water partition coefficient (Wildman–Crippen LogP) is 1.97. The lowest BCUT2D eigenvalue weighted by Crippen LogP contribution is -2.28. The molecule has 0 heterocycles. The Morgan fingerprint density at radius 2 is 1.86 bits per heavy atom. The van der Waals surface area contributed by atoms with Crippen LogP contribution in [-0.4, -0.2) is 19.6 Å². The molecule has 0 radical (unpaired) electrons. The summed E-state index contributed by atoms with van der Waals surface area (Å²) in [5.41, 5.74) is 7.23. The van der Waals surface area contributed by atoms with Crippen molar-refractivity contribution < 1.29 is 14.3 Å². The number of amides is 1. The molecule has 0 aliphatic carbocycles. The van der Waals surface area contributed by atoms with E-state index in [-0.39, 0.29) is 12.5 Å². The normalized spacial score (nSPS) is 9.95. The van der Waals surface area contributed by atoms with Crippen molar-refractivity contribution in [3.05, 3.63) is 54.1 Å². The lowest BCUT2D eigenvalue weighted by Gasteiger charge is -2.09. The highest BCUT2D eigenvalue weighted by atomic mass is 16.5. The minimum Gasteiger partial charge on any atom is -0.497 e. The topological polar surface area (TPSA) is 73.6 Å². The summed E-state index contributed by atoms with van der Waals surface area (Å²) in [6, 6.07) is 14.6. The maximum absolute atomic E-state index is 11.7. The van der Waals surface area contributed by atoms with Crippen LogP contribution >= 0.6 is 0 Å². The van der Waals surface area contributed by atoms with E-state index in [2.05, 4.69) is 5.32 Å². The molecule has 0 aliphatic rings. The zero-order valence-electron chi connectivity index (χ0n) is 11.8. The molecule has 0 saturated heterocycles. The maximum atomic E-state index is 11.7. The van der Waals surface area contributed by atoms with Crippen LogP contribution in [-0.2, 0) is 11.3 Å². The van der Waals surface area contributed by atoms with Crippen LogP contribution < -0.4 is 20.5 Å². The van der Waals surface area contributed by atoms with Crippen LogP contribution in [0.3, 0.4) is 0 Å². The zero-order chi connectivity index (χ0) is 15.1. The van der Waals surface area contributed by atoms with Crippen LogP contribution in [0.25, 0.3) is 0 Å². The second-order valence-corrected chi connectivity index (χ2v) is 4.45. The molecule has 21 heavy (non-hydrogen) atoms. The maximum Gasteiger partial charge on any atom is 0.258 e. The van der Waals surface area contributed by atoms with Gasteiger partial charge in [0.1, 0.15) is 11.5 Å². The van der Waals surface area contributed by atoms with Gasteiger partial charge in [0.25, 0.3) is 5.91 Å². The monoisotopic (exact) mass is 286 g/mol. The highest BCUT2D eigenvalue weighted by Gasteiger charge is 2.04. The number of benzene rings is 2.